The van der Waals surface area contributed by atoms with Gasteiger partial charge in [-0.1, -0.05) is 12.1 Å². The van der Waals surface area contributed by atoms with Gasteiger partial charge >= 0.3 is 6.03 Å². The molecule has 0 spiro atoms. The third-order valence-electron chi connectivity index (χ3n) is 4.34. The molecular weight excluding hydrogens is 370 g/mol. The molecule has 1 heterocycles. The average molecular weight is 393 g/mol. The largest absolute Gasteiger partial charge is 0.495 e. The van der Waals surface area contributed by atoms with Gasteiger partial charge in [-0.15, -0.1) is 0 Å². The molecule has 3 aromatic rings. The number of carbonyl (C=O) groups excluding carboxylic acids is 2. The molecule has 8 nitrogen and oxygen atoms in total. The van der Waals surface area contributed by atoms with E-state index in [9.17, 15) is 9.59 Å². The predicted octanol–water partition coefficient (Wildman–Crippen LogP) is 2.60. The van der Waals surface area contributed by atoms with Crippen LogP contribution in [0.2, 0.25) is 0 Å². The summed E-state index contributed by atoms with van der Waals surface area (Å²) >= 11 is 0. The fourth-order valence-electron chi connectivity index (χ4n) is 2.82. The van der Waals surface area contributed by atoms with Gasteiger partial charge in [-0.2, -0.15) is 5.10 Å². The topological polar surface area (TPSA) is 97.3 Å². The highest BCUT2D eigenvalue weighted by Crippen LogP contribution is 2.25. The highest BCUT2D eigenvalue weighted by Gasteiger charge is 2.11. The van der Waals surface area contributed by atoms with Crippen molar-refractivity contribution in [3.05, 3.63) is 72.1 Å². The van der Waals surface area contributed by atoms with Crippen LogP contribution in [0.15, 0.2) is 60.9 Å². The molecule has 1 aromatic heterocycles. The van der Waals surface area contributed by atoms with Gasteiger partial charge in [0.1, 0.15) is 5.75 Å². The van der Waals surface area contributed by atoms with Crippen molar-refractivity contribution in [3.63, 3.8) is 0 Å². The van der Waals surface area contributed by atoms with Crippen molar-refractivity contribution in [2.75, 3.05) is 26.0 Å². The van der Waals surface area contributed by atoms with E-state index in [4.69, 9.17) is 4.74 Å². The normalized spacial score (nSPS) is 10.3. The van der Waals surface area contributed by atoms with Crippen LogP contribution in [0.4, 0.5) is 10.5 Å². The van der Waals surface area contributed by atoms with Gasteiger partial charge in [-0.05, 0) is 48.4 Å². The minimum Gasteiger partial charge on any atom is -0.495 e. The van der Waals surface area contributed by atoms with Crippen LogP contribution in [0.5, 0.6) is 5.75 Å². The zero-order valence-electron chi connectivity index (χ0n) is 16.3. The summed E-state index contributed by atoms with van der Waals surface area (Å²) in [4.78, 5) is 24.0. The van der Waals surface area contributed by atoms with E-state index in [0.717, 1.165) is 11.3 Å². The monoisotopic (exact) mass is 393 g/mol. The summed E-state index contributed by atoms with van der Waals surface area (Å²) in [6, 6.07) is 14.3. The van der Waals surface area contributed by atoms with Crippen molar-refractivity contribution in [2.24, 2.45) is 0 Å². The number of methoxy groups -OCH3 is 1. The van der Waals surface area contributed by atoms with Crippen molar-refractivity contribution in [2.45, 2.75) is 6.42 Å². The van der Waals surface area contributed by atoms with Gasteiger partial charge in [0, 0.05) is 31.5 Å². The molecule has 0 aliphatic rings. The SMILES string of the molecule is CNC(=O)c1ccc(OC)c(NC(=O)NCCc2ccc(-n3cccn3)cc2)c1. The van der Waals surface area contributed by atoms with E-state index >= 15 is 0 Å². The number of nitrogens with zero attached hydrogens (tertiary/aromatic N) is 2. The number of rotatable bonds is 7. The van der Waals surface area contributed by atoms with Crippen LogP contribution in [0, 0.1) is 0 Å². The van der Waals surface area contributed by atoms with Crippen molar-refractivity contribution in [3.8, 4) is 11.4 Å². The van der Waals surface area contributed by atoms with E-state index in [1.165, 1.54) is 7.11 Å². The standard InChI is InChI=1S/C21H23N5O3/c1-22-20(27)16-6-9-19(29-2)18(14-16)25-21(28)23-12-10-15-4-7-17(8-5-15)26-13-3-11-24-26/h3-9,11,13-14H,10,12H2,1-2H3,(H,22,27)(H2,23,25,28). The van der Waals surface area contributed by atoms with Crippen LogP contribution in [-0.4, -0.2) is 42.4 Å². The first-order valence-electron chi connectivity index (χ1n) is 9.14. The summed E-state index contributed by atoms with van der Waals surface area (Å²) in [5.41, 5.74) is 2.93. The molecule has 3 amide bonds. The lowest BCUT2D eigenvalue weighted by Gasteiger charge is -2.12. The molecule has 29 heavy (non-hydrogen) atoms. The second kappa shape index (κ2) is 9.41. The number of ether oxygens (including phenoxy) is 1. The van der Waals surface area contributed by atoms with Gasteiger partial charge in [0.2, 0.25) is 0 Å². The van der Waals surface area contributed by atoms with Crippen LogP contribution in [0.25, 0.3) is 5.69 Å². The second-order valence-electron chi connectivity index (χ2n) is 6.24. The van der Waals surface area contributed by atoms with Crippen LogP contribution < -0.4 is 20.7 Å². The lowest BCUT2D eigenvalue weighted by molar-refractivity contribution is 0.0963. The summed E-state index contributed by atoms with van der Waals surface area (Å²) < 4.78 is 7.04. The fraction of sp³-hybridized carbons (Fsp3) is 0.190. The number of aromatic nitrogens is 2. The maximum Gasteiger partial charge on any atom is 0.319 e. The Hall–Kier alpha value is -3.81. The van der Waals surface area contributed by atoms with Gasteiger partial charge in [-0.3, -0.25) is 4.79 Å². The first kappa shape index (κ1) is 19.9. The Labute approximate surface area is 168 Å². The molecule has 8 heteroatoms. The molecule has 0 bridgehead atoms. The Morgan fingerprint density at radius 2 is 1.93 bits per heavy atom. The first-order valence-corrected chi connectivity index (χ1v) is 9.14. The smallest absolute Gasteiger partial charge is 0.319 e. The average Bonchev–Trinajstić information content (AvgIpc) is 3.28. The zero-order chi connectivity index (χ0) is 20.6. The predicted molar refractivity (Wildman–Crippen MR) is 111 cm³/mol. The van der Waals surface area contributed by atoms with E-state index < -0.39 is 0 Å². The zero-order valence-corrected chi connectivity index (χ0v) is 16.3. The number of hydrogen-bond donors (Lipinski definition) is 3. The molecule has 0 aliphatic carbocycles. The van der Waals surface area contributed by atoms with E-state index in [-0.39, 0.29) is 11.9 Å². The van der Waals surface area contributed by atoms with Crippen molar-refractivity contribution < 1.29 is 14.3 Å². The van der Waals surface area contributed by atoms with Gasteiger partial charge in [0.15, 0.2) is 0 Å². The summed E-state index contributed by atoms with van der Waals surface area (Å²) in [5, 5.41) is 12.3. The lowest BCUT2D eigenvalue weighted by atomic mass is 10.1. The number of hydrogen-bond acceptors (Lipinski definition) is 4. The summed E-state index contributed by atoms with van der Waals surface area (Å²) in [6.45, 7) is 0.463. The van der Waals surface area contributed by atoms with E-state index in [1.54, 1.807) is 36.1 Å². The van der Waals surface area contributed by atoms with Crippen LogP contribution in [0.1, 0.15) is 15.9 Å². The molecule has 0 saturated carbocycles. The highest BCUT2D eigenvalue weighted by atomic mass is 16.5. The Morgan fingerprint density at radius 1 is 1.14 bits per heavy atom. The molecule has 3 N–H and O–H groups in total. The Balaban J connectivity index is 1.54. The summed E-state index contributed by atoms with van der Waals surface area (Å²) in [6.07, 6.45) is 4.30. The Bertz CT molecular complexity index is 968. The van der Waals surface area contributed by atoms with Crippen molar-refractivity contribution >= 4 is 17.6 Å². The molecule has 0 radical (unpaired) electrons. The molecule has 3 rings (SSSR count). The molecule has 2 aromatic carbocycles. The van der Waals surface area contributed by atoms with Crippen molar-refractivity contribution in [1.82, 2.24) is 20.4 Å². The van der Waals surface area contributed by atoms with Gasteiger partial charge in [0.25, 0.3) is 5.91 Å². The fourth-order valence-corrected chi connectivity index (χ4v) is 2.82. The number of benzene rings is 2. The summed E-state index contributed by atoms with van der Waals surface area (Å²) in [5.74, 6) is 0.233. The minimum absolute atomic E-state index is 0.241. The van der Waals surface area contributed by atoms with Gasteiger partial charge in [0.05, 0.1) is 18.5 Å². The van der Waals surface area contributed by atoms with E-state index in [2.05, 4.69) is 21.0 Å². The van der Waals surface area contributed by atoms with Crippen molar-refractivity contribution in [1.29, 1.82) is 0 Å². The molecule has 0 aliphatic heterocycles. The van der Waals surface area contributed by atoms with Crippen LogP contribution in [0.3, 0.4) is 0 Å². The molecular formula is C21H23N5O3. The number of carbonyl (C=O) groups is 2. The lowest BCUT2D eigenvalue weighted by Crippen LogP contribution is -2.30. The maximum atomic E-state index is 12.2. The number of anilines is 1. The molecule has 150 valence electrons. The third-order valence-corrected chi connectivity index (χ3v) is 4.34. The van der Waals surface area contributed by atoms with E-state index in [1.807, 2.05) is 36.5 Å². The van der Waals surface area contributed by atoms with Crippen LogP contribution >= 0.6 is 0 Å². The maximum absolute atomic E-state index is 12.2. The summed E-state index contributed by atoms with van der Waals surface area (Å²) in [7, 11) is 3.05. The molecule has 0 atom stereocenters. The second-order valence-corrected chi connectivity index (χ2v) is 6.24. The molecule has 0 unspecified atom stereocenters. The Kier molecular flexibility index (Phi) is 6.47. The highest BCUT2D eigenvalue weighted by molar-refractivity contribution is 5.97. The number of nitrogens with one attached hydrogen (secondary N) is 3. The number of amides is 3. The Morgan fingerprint density at radius 3 is 2.59 bits per heavy atom. The number of urea groups is 1. The first-order chi connectivity index (χ1) is 14.1. The quantitative estimate of drug-likeness (QED) is 0.575. The van der Waals surface area contributed by atoms with Gasteiger partial charge < -0.3 is 20.7 Å². The minimum atomic E-state index is -0.370. The van der Waals surface area contributed by atoms with E-state index in [0.29, 0.717) is 30.0 Å². The molecule has 0 fully saturated rings. The van der Waals surface area contributed by atoms with Gasteiger partial charge in [-0.25, -0.2) is 9.48 Å². The molecule has 0 saturated heterocycles. The van der Waals surface area contributed by atoms with Crippen LogP contribution in [-0.2, 0) is 6.42 Å². The third kappa shape index (κ3) is 5.13.